The Kier molecular flexibility index (Phi) is 5.61. The van der Waals surface area contributed by atoms with Crippen molar-refractivity contribution in [2.24, 2.45) is 0 Å². The molecule has 2 heterocycles. The van der Waals surface area contributed by atoms with E-state index in [9.17, 15) is 9.18 Å². The Morgan fingerprint density at radius 1 is 1.23 bits per heavy atom. The lowest BCUT2D eigenvalue weighted by atomic mass is 9.87. The predicted molar refractivity (Wildman–Crippen MR) is 120 cm³/mol. The van der Waals surface area contributed by atoms with Crippen molar-refractivity contribution in [1.29, 1.82) is 0 Å². The first-order valence-electron chi connectivity index (χ1n) is 11.0. The SMILES string of the molecule is [2H]C1(c2ccc(Cl)cc2F)C=Cc2cccc(C3CCN(C(=O)OC(C)(C)C)CC3)c2O1. The van der Waals surface area contributed by atoms with Gasteiger partial charge in [-0.15, -0.1) is 0 Å². The number of ether oxygens (including phenoxy) is 2. The third-order valence-corrected chi connectivity index (χ3v) is 5.72. The average Bonchev–Trinajstić information content (AvgIpc) is 2.72. The van der Waals surface area contributed by atoms with Gasteiger partial charge in [0.05, 0.1) is 1.37 Å². The van der Waals surface area contributed by atoms with E-state index < -0.39 is 17.5 Å². The Bertz CT molecular complexity index is 1060. The molecule has 1 amide bonds. The van der Waals surface area contributed by atoms with Gasteiger partial charge < -0.3 is 14.4 Å². The first-order valence-corrected chi connectivity index (χ1v) is 10.9. The van der Waals surface area contributed by atoms with Crippen LogP contribution in [0.4, 0.5) is 9.18 Å². The summed E-state index contributed by atoms with van der Waals surface area (Å²) in [5.74, 6) is 0.174. The van der Waals surface area contributed by atoms with Crippen LogP contribution in [0.25, 0.3) is 6.08 Å². The number of likely N-dealkylation sites (tertiary alicyclic amines) is 1. The van der Waals surface area contributed by atoms with Crippen LogP contribution in [0.5, 0.6) is 5.75 Å². The summed E-state index contributed by atoms with van der Waals surface area (Å²) in [6, 6.07) is 10.1. The molecule has 0 aromatic heterocycles. The topological polar surface area (TPSA) is 38.8 Å². The fraction of sp³-hybridized carbons (Fsp3) is 0.400. The number of hydrogen-bond donors (Lipinski definition) is 0. The zero-order chi connectivity index (χ0) is 23.1. The molecule has 4 rings (SSSR count). The standard InChI is InChI=1S/C25H27ClFNO3/c1-25(2,3)31-24(29)28-13-11-16(12-14-28)19-6-4-5-17-7-10-22(30-23(17)19)20-9-8-18(26)15-21(20)27/h4-10,15-16,22H,11-14H2,1-3H3/i22D. The summed E-state index contributed by atoms with van der Waals surface area (Å²) in [6.45, 7) is 6.73. The van der Waals surface area contributed by atoms with Crippen LogP contribution in [0.3, 0.4) is 0 Å². The molecule has 31 heavy (non-hydrogen) atoms. The average molecular weight is 445 g/mol. The first kappa shape index (κ1) is 20.4. The summed E-state index contributed by atoms with van der Waals surface area (Å²) in [5.41, 5.74) is 1.41. The zero-order valence-electron chi connectivity index (χ0n) is 19.0. The van der Waals surface area contributed by atoms with Gasteiger partial charge in [0.1, 0.15) is 23.2 Å². The number of carbonyl (C=O) groups is 1. The van der Waals surface area contributed by atoms with E-state index in [2.05, 4.69) is 0 Å². The first-order chi connectivity index (χ1) is 15.1. The molecule has 2 aliphatic rings. The zero-order valence-corrected chi connectivity index (χ0v) is 18.7. The second-order valence-electron chi connectivity index (χ2n) is 8.93. The second-order valence-corrected chi connectivity index (χ2v) is 9.37. The van der Waals surface area contributed by atoms with Gasteiger partial charge in [0.2, 0.25) is 0 Å². The van der Waals surface area contributed by atoms with Crippen molar-refractivity contribution in [1.82, 2.24) is 4.90 Å². The Hall–Kier alpha value is -2.53. The number of rotatable bonds is 2. The van der Waals surface area contributed by atoms with Crippen LogP contribution in [-0.4, -0.2) is 29.7 Å². The molecule has 1 unspecified atom stereocenters. The Balaban J connectivity index is 1.55. The molecule has 0 aliphatic carbocycles. The normalized spacial score (nSPS) is 21.8. The largest absolute Gasteiger partial charge is 0.481 e. The molecule has 0 bridgehead atoms. The van der Waals surface area contributed by atoms with E-state index in [1.165, 1.54) is 12.1 Å². The summed E-state index contributed by atoms with van der Waals surface area (Å²) >= 11 is 5.88. The molecule has 1 saturated heterocycles. The molecule has 0 N–H and O–H groups in total. The van der Waals surface area contributed by atoms with E-state index in [1.807, 2.05) is 39.0 Å². The lowest BCUT2D eigenvalue weighted by Crippen LogP contribution is -2.41. The molecule has 2 aromatic rings. The van der Waals surface area contributed by atoms with Gasteiger partial charge in [-0.1, -0.05) is 41.9 Å². The maximum absolute atomic E-state index is 14.6. The minimum Gasteiger partial charge on any atom is -0.481 e. The van der Waals surface area contributed by atoms with E-state index in [0.717, 1.165) is 24.0 Å². The number of benzene rings is 2. The van der Waals surface area contributed by atoms with Crippen molar-refractivity contribution >= 4 is 23.8 Å². The molecule has 164 valence electrons. The highest BCUT2D eigenvalue weighted by atomic mass is 35.5. The summed E-state index contributed by atoms with van der Waals surface area (Å²) < 4.78 is 35.0. The van der Waals surface area contributed by atoms with Crippen molar-refractivity contribution in [2.45, 2.75) is 51.2 Å². The van der Waals surface area contributed by atoms with Crippen molar-refractivity contribution in [2.75, 3.05) is 13.1 Å². The molecule has 0 radical (unpaired) electrons. The number of nitrogens with zero attached hydrogens (tertiary/aromatic N) is 1. The molecule has 4 nitrogen and oxygen atoms in total. The van der Waals surface area contributed by atoms with E-state index in [4.69, 9.17) is 22.4 Å². The predicted octanol–water partition coefficient (Wildman–Crippen LogP) is 6.74. The molecule has 0 spiro atoms. The molecule has 1 atom stereocenters. The van der Waals surface area contributed by atoms with E-state index in [0.29, 0.717) is 18.8 Å². The summed E-state index contributed by atoms with van der Waals surface area (Å²) in [5, 5.41) is 0.271. The Morgan fingerprint density at radius 3 is 2.65 bits per heavy atom. The third kappa shape index (κ3) is 4.87. The summed E-state index contributed by atoms with van der Waals surface area (Å²) in [7, 11) is 0. The number of fused-ring (bicyclic) bond motifs is 1. The van der Waals surface area contributed by atoms with Gasteiger partial charge in [0.25, 0.3) is 0 Å². The Labute approximate surface area is 189 Å². The number of para-hydroxylation sites is 1. The van der Waals surface area contributed by atoms with Gasteiger partial charge in [0, 0.05) is 29.2 Å². The number of hydrogen-bond acceptors (Lipinski definition) is 3. The van der Waals surface area contributed by atoms with Crippen molar-refractivity contribution in [3.05, 3.63) is 70.0 Å². The smallest absolute Gasteiger partial charge is 0.410 e. The summed E-state index contributed by atoms with van der Waals surface area (Å²) in [4.78, 5) is 14.1. The van der Waals surface area contributed by atoms with Crippen LogP contribution < -0.4 is 4.74 Å². The maximum Gasteiger partial charge on any atom is 0.410 e. The van der Waals surface area contributed by atoms with Crippen molar-refractivity contribution in [3.63, 3.8) is 0 Å². The van der Waals surface area contributed by atoms with Gasteiger partial charge in [-0.2, -0.15) is 0 Å². The monoisotopic (exact) mass is 444 g/mol. The second kappa shape index (κ2) is 8.54. The number of piperidine rings is 1. The fourth-order valence-corrected chi connectivity index (χ4v) is 4.15. The highest BCUT2D eigenvalue weighted by Gasteiger charge is 2.30. The quantitative estimate of drug-likeness (QED) is 0.514. The maximum atomic E-state index is 14.6. The molecule has 1 fully saturated rings. The molecule has 6 heteroatoms. The van der Waals surface area contributed by atoms with Gasteiger partial charge in [0.15, 0.2) is 0 Å². The fourth-order valence-electron chi connectivity index (χ4n) is 3.99. The number of amides is 1. The van der Waals surface area contributed by atoms with Crippen LogP contribution in [0.1, 0.15) is 63.7 Å². The molecule has 0 saturated carbocycles. The van der Waals surface area contributed by atoms with Crippen LogP contribution >= 0.6 is 11.6 Å². The molecular formula is C25H27ClFNO3. The highest BCUT2D eigenvalue weighted by Crippen LogP contribution is 2.42. The Morgan fingerprint density at radius 2 is 1.97 bits per heavy atom. The van der Waals surface area contributed by atoms with Crippen LogP contribution in [0.15, 0.2) is 42.5 Å². The minimum absolute atomic E-state index is 0.110. The van der Waals surface area contributed by atoms with Gasteiger partial charge in [-0.05, 0) is 63.3 Å². The lowest BCUT2D eigenvalue weighted by molar-refractivity contribution is 0.0204. The van der Waals surface area contributed by atoms with E-state index >= 15 is 0 Å². The highest BCUT2D eigenvalue weighted by molar-refractivity contribution is 6.30. The van der Waals surface area contributed by atoms with Crippen molar-refractivity contribution in [3.8, 4) is 5.75 Å². The van der Waals surface area contributed by atoms with Crippen LogP contribution in [0.2, 0.25) is 5.02 Å². The summed E-state index contributed by atoms with van der Waals surface area (Å²) in [6.07, 6.45) is 2.88. The van der Waals surface area contributed by atoms with E-state index in [-0.39, 0.29) is 22.6 Å². The third-order valence-electron chi connectivity index (χ3n) is 5.49. The van der Waals surface area contributed by atoms with Crippen LogP contribution in [-0.2, 0) is 4.74 Å². The van der Waals surface area contributed by atoms with E-state index in [1.54, 1.807) is 23.1 Å². The van der Waals surface area contributed by atoms with Gasteiger partial charge in [-0.25, -0.2) is 9.18 Å². The molecule has 2 aliphatic heterocycles. The number of halogens is 2. The lowest BCUT2D eigenvalue weighted by Gasteiger charge is -2.35. The van der Waals surface area contributed by atoms with Crippen LogP contribution in [0, 0.1) is 5.82 Å². The van der Waals surface area contributed by atoms with Crippen molar-refractivity contribution < 1.29 is 20.0 Å². The molecular weight excluding hydrogens is 417 g/mol. The number of carbonyl (C=O) groups excluding carboxylic acids is 1. The van der Waals surface area contributed by atoms with Gasteiger partial charge >= 0.3 is 6.09 Å². The van der Waals surface area contributed by atoms with Gasteiger partial charge in [-0.3, -0.25) is 0 Å². The minimum atomic E-state index is -1.69. The molecule has 2 aromatic carbocycles.